The molecule has 3 rings (SSSR count). The Labute approximate surface area is 316 Å². The molecule has 12 nitrogen and oxygen atoms in total. The van der Waals surface area contributed by atoms with Gasteiger partial charge in [-0.3, -0.25) is 4.79 Å². The van der Waals surface area contributed by atoms with Gasteiger partial charge < -0.3 is 54.9 Å². The molecule has 0 aliphatic carbocycles. The number of benzene rings is 1. The average Bonchev–Trinajstić information content (AvgIpc) is 3.06. The lowest BCUT2D eigenvalue weighted by Gasteiger charge is -2.47. The SMILES string of the molecule is CC[C@H]1OC(=O)[C@H](C)C(O)[C@H](C)[C@@H](O[C@@H]2O[C@H](C)C[C@H](N(C)C)[C@H]2O)C(C)(O)C[C@@H](C)CN(C(=S)Nc2cccc(C(F)(F)F)c2)[C@H](C)[C@@H](O)[C@]1(C)O. The van der Waals surface area contributed by atoms with Gasteiger partial charge in [0.2, 0.25) is 0 Å². The topological polar surface area (TPSA) is 164 Å². The second-order valence-corrected chi connectivity index (χ2v) is 16.2. The maximum absolute atomic E-state index is 13.6. The first-order valence-electron chi connectivity index (χ1n) is 18.2. The Bertz CT molecular complexity index is 1390. The number of aliphatic hydroxyl groups excluding tert-OH is 3. The molecule has 2 unspecified atom stereocenters. The van der Waals surface area contributed by atoms with Crippen molar-refractivity contribution in [3.05, 3.63) is 29.8 Å². The van der Waals surface area contributed by atoms with Crippen LogP contribution in [-0.4, -0.2) is 133 Å². The number of esters is 1. The molecule has 0 bridgehead atoms. The Kier molecular flexibility index (Phi) is 15.2. The van der Waals surface area contributed by atoms with Crippen LogP contribution in [0, 0.1) is 17.8 Å². The largest absolute Gasteiger partial charge is 0.459 e. The van der Waals surface area contributed by atoms with Gasteiger partial charge in [0.05, 0.1) is 41.4 Å². The van der Waals surface area contributed by atoms with Gasteiger partial charge in [-0.25, -0.2) is 0 Å². The maximum atomic E-state index is 13.6. The van der Waals surface area contributed by atoms with Gasteiger partial charge in [0.15, 0.2) is 11.4 Å². The summed E-state index contributed by atoms with van der Waals surface area (Å²) in [6.07, 6.45) is -12.2. The van der Waals surface area contributed by atoms with E-state index >= 15 is 0 Å². The molecule has 0 amide bonds. The number of hydrogen-bond acceptors (Lipinski definition) is 11. The summed E-state index contributed by atoms with van der Waals surface area (Å²) < 4.78 is 58.8. The molecule has 16 heteroatoms. The quantitative estimate of drug-likeness (QED) is 0.189. The van der Waals surface area contributed by atoms with Crippen molar-refractivity contribution < 1.29 is 57.7 Å². The fourth-order valence-electron chi connectivity index (χ4n) is 7.75. The van der Waals surface area contributed by atoms with E-state index in [0.29, 0.717) is 6.42 Å². The number of ether oxygens (including phenoxy) is 3. The number of rotatable bonds is 5. The van der Waals surface area contributed by atoms with Crippen molar-refractivity contribution in [3.63, 3.8) is 0 Å². The van der Waals surface area contributed by atoms with Crippen LogP contribution in [0.3, 0.4) is 0 Å². The second-order valence-electron chi connectivity index (χ2n) is 15.8. The first kappa shape index (κ1) is 45.2. The Balaban J connectivity index is 2.10. The summed E-state index contributed by atoms with van der Waals surface area (Å²) in [6.45, 7) is 12.8. The number of anilines is 1. The van der Waals surface area contributed by atoms with E-state index in [2.05, 4.69) is 5.32 Å². The molecule has 2 aliphatic rings. The number of carbonyl (C=O) groups excluding carboxylic acids is 1. The number of hydrogen-bond donors (Lipinski definition) is 6. The molecule has 0 spiro atoms. The van der Waals surface area contributed by atoms with Gasteiger partial charge in [0, 0.05) is 24.2 Å². The van der Waals surface area contributed by atoms with Crippen LogP contribution in [0.25, 0.3) is 0 Å². The molecule has 2 fully saturated rings. The van der Waals surface area contributed by atoms with Crippen LogP contribution in [-0.2, 0) is 25.2 Å². The molecule has 2 saturated heterocycles. The van der Waals surface area contributed by atoms with Crippen molar-refractivity contribution in [1.82, 2.24) is 9.80 Å². The van der Waals surface area contributed by atoms with Gasteiger partial charge in [0.1, 0.15) is 23.9 Å². The number of cyclic esters (lactones) is 1. The Hall–Kier alpha value is -2.15. The second kappa shape index (κ2) is 17.8. The smallest absolute Gasteiger partial charge is 0.416 e. The van der Waals surface area contributed by atoms with Crippen LogP contribution in [0.15, 0.2) is 24.3 Å². The third-order valence-corrected chi connectivity index (χ3v) is 11.2. The van der Waals surface area contributed by atoms with E-state index < -0.39 is 89.5 Å². The normalized spacial score (nSPS) is 39.9. The van der Waals surface area contributed by atoms with Crippen LogP contribution in [0.2, 0.25) is 0 Å². The number of thiocarbonyl (C=S) groups is 1. The number of alkyl halides is 3. The minimum Gasteiger partial charge on any atom is -0.459 e. The molecular formula is C37H60F3N3O9S. The van der Waals surface area contributed by atoms with Crippen LogP contribution in [0.5, 0.6) is 0 Å². The molecule has 6 N–H and O–H groups in total. The molecule has 0 aromatic heterocycles. The minimum absolute atomic E-state index is 0.0114. The van der Waals surface area contributed by atoms with Gasteiger partial charge in [-0.15, -0.1) is 0 Å². The van der Waals surface area contributed by atoms with E-state index in [0.717, 1.165) is 12.1 Å². The van der Waals surface area contributed by atoms with Crippen molar-refractivity contribution >= 4 is 29.0 Å². The fourth-order valence-corrected chi connectivity index (χ4v) is 8.11. The Morgan fingerprint density at radius 1 is 1.09 bits per heavy atom. The van der Waals surface area contributed by atoms with Crippen LogP contribution >= 0.6 is 12.2 Å². The van der Waals surface area contributed by atoms with Gasteiger partial charge in [-0.05, 0) is 104 Å². The van der Waals surface area contributed by atoms with Crippen LogP contribution in [0.1, 0.15) is 80.2 Å². The van der Waals surface area contributed by atoms with Crippen molar-refractivity contribution in [1.29, 1.82) is 0 Å². The number of nitrogens with zero attached hydrogens (tertiary/aromatic N) is 2. The molecule has 14 atom stereocenters. The first-order valence-corrected chi connectivity index (χ1v) is 18.7. The lowest BCUT2D eigenvalue weighted by atomic mass is 9.78. The zero-order chi connectivity index (χ0) is 40.4. The molecule has 0 radical (unpaired) electrons. The Morgan fingerprint density at radius 3 is 2.28 bits per heavy atom. The van der Waals surface area contributed by atoms with E-state index in [1.165, 1.54) is 37.8 Å². The highest BCUT2D eigenvalue weighted by Gasteiger charge is 2.50. The number of halogens is 3. The summed E-state index contributed by atoms with van der Waals surface area (Å²) in [4.78, 5) is 16.9. The highest BCUT2D eigenvalue weighted by atomic mass is 32.1. The minimum atomic E-state index is -4.61. The fraction of sp³-hybridized carbons (Fsp3) is 0.784. The lowest BCUT2D eigenvalue weighted by molar-refractivity contribution is -0.299. The van der Waals surface area contributed by atoms with Gasteiger partial charge in [-0.1, -0.05) is 26.8 Å². The molecule has 1 aromatic rings. The summed E-state index contributed by atoms with van der Waals surface area (Å²) in [5.74, 6) is -3.47. The van der Waals surface area contributed by atoms with Crippen molar-refractivity contribution in [2.24, 2.45) is 17.8 Å². The molecule has 304 valence electrons. The van der Waals surface area contributed by atoms with E-state index in [1.54, 1.807) is 27.7 Å². The average molecular weight is 780 g/mol. The highest BCUT2D eigenvalue weighted by molar-refractivity contribution is 7.80. The lowest BCUT2D eigenvalue weighted by Crippen LogP contribution is -2.61. The number of nitrogens with one attached hydrogen (secondary N) is 1. The number of aliphatic hydroxyl groups is 5. The van der Waals surface area contributed by atoms with Crippen LogP contribution in [0.4, 0.5) is 18.9 Å². The zero-order valence-electron chi connectivity index (χ0n) is 32.4. The van der Waals surface area contributed by atoms with E-state index in [1.807, 2.05) is 25.9 Å². The predicted octanol–water partition coefficient (Wildman–Crippen LogP) is 3.76. The van der Waals surface area contributed by atoms with Crippen molar-refractivity contribution in [2.45, 2.75) is 147 Å². The van der Waals surface area contributed by atoms with Gasteiger partial charge in [0.25, 0.3) is 0 Å². The standard InChI is InChI=1S/C37H60F3N3O9S/c1-11-27-36(8,49)30(46)23(6)43(34(53)41-25-14-12-13-24(16-25)37(38,39)40)18-19(2)17-35(7,48)31(21(4)28(44)22(5)32(47)51-27)52-33-29(45)26(42(9)10)15-20(3)50-33/h12-14,16,19-23,26-31,33,44-46,48-49H,11,15,17-18H2,1-10H3,(H,41,53)/t19-,20-,21+,22-,23-,26+,27-,28?,29-,30-,31-,33+,35?,36-/m1/s1. The molecular weight excluding hydrogens is 719 g/mol. The maximum Gasteiger partial charge on any atom is 0.416 e. The van der Waals surface area contributed by atoms with Gasteiger partial charge in [-0.2, -0.15) is 13.2 Å². The van der Waals surface area contributed by atoms with E-state index in [4.69, 9.17) is 26.4 Å². The summed E-state index contributed by atoms with van der Waals surface area (Å²) in [7, 11) is 3.64. The van der Waals surface area contributed by atoms with Gasteiger partial charge >= 0.3 is 12.1 Å². The monoisotopic (exact) mass is 779 g/mol. The summed E-state index contributed by atoms with van der Waals surface area (Å²) >= 11 is 5.72. The van der Waals surface area contributed by atoms with E-state index in [-0.39, 0.29) is 42.3 Å². The summed E-state index contributed by atoms with van der Waals surface area (Å²) in [5, 5.41) is 61.4. The highest BCUT2D eigenvalue weighted by Crippen LogP contribution is 2.37. The summed E-state index contributed by atoms with van der Waals surface area (Å²) in [5.41, 5.74) is -4.66. The Morgan fingerprint density at radius 2 is 1.72 bits per heavy atom. The first-order chi connectivity index (χ1) is 24.3. The number of likely N-dealkylation sites (N-methyl/N-ethyl adjacent to an activating group) is 1. The van der Waals surface area contributed by atoms with E-state index in [9.17, 15) is 43.5 Å². The number of carbonyl (C=O) groups is 1. The van der Waals surface area contributed by atoms with Crippen LogP contribution < -0.4 is 5.32 Å². The van der Waals surface area contributed by atoms with Crippen molar-refractivity contribution in [2.75, 3.05) is 26.0 Å². The molecule has 53 heavy (non-hydrogen) atoms. The molecule has 0 saturated carbocycles. The molecule has 2 heterocycles. The third-order valence-electron chi connectivity index (χ3n) is 10.9. The molecule has 1 aromatic carbocycles. The third kappa shape index (κ3) is 10.8. The van der Waals surface area contributed by atoms with Crippen molar-refractivity contribution in [3.8, 4) is 0 Å². The molecule has 2 aliphatic heterocycles. The summed E-state index contributed by atoms with van der Waals surface area (Å²) in [6, 6.07) is 3.12. The predicted molar refractivity (Wildman–Crippen MR) is 197 cm³/mol. The zero-order valence-corrected chi connectivity index (χ0v) is 33.2.